The Kier molecular flexibility index (Phi) is 6.14. The molecule has 1 saturated heterocycles. The minimum Gasteiger partial charge on any atom is -0.460 e. The first-order valence-electron chi connectivity index (χ1n) is 8.45. The molecular formula is C18H22N2O7. The summed E-state index contributed by atoms with van der Waals surface area (Å²) in [7, 11) is 0. The Balaban J connectivity index is 1.80. The summed E-state index contributed by atoms with van der Waals surface area (Å²) in [5, 5.41) is 10.6. The Hall–Kier alpha value is -2.97. The van der Waals surface area contributed by atoms with Gasteiger partial charge in [-0.3, -0.25) is 24.5 Å². The molecule has 0 N–H and O–H groups in total. The van der Waals surface area contributed by atoms with Gasteiger partial charge in [-0.15, -0.1) is 0 Å². The average molecular weight is 378 g/mol. The molecule has 1 fully saturated rings. The van der Waals surface area contributed by atoms with E-state index in [1.807, 2.05) is 0 Å². The number of carbonyl (C=O) groups excluding carboxylic acids is 3. The smallest absolute Gasteiger partial charge is 0.325 e. The molecule has 0 saturated carbocycles. The molecule has 0 spiro atoms. The summed E-state index contributed by atoms with van der Waals surface area (Å²) in [6.07, 6.45) is 0.216. The molecule has 1 atom stereocenters. The minimum absolute atomic E-state index is 0.0264. The standard InChI is InChI=1S/C18H22N2O7/c1-18(2,3)27-16(22)9-14-8-15(21)19(14)10-17(23)26-11-12-4-6-13(7-5-12)20(24)25/h4-7,14H,8-11H2,1-3H3. The van der Waals surface area contributed by atoms with Gasteiger partial charge in [-0.1, -0.05) is 0 Å². The number of nitro benzene ring substituents is 1. The van der Waals surface area contributed by atoms with E-state index in [4.69, 9.17) is 9.47 Å². The van der Waals surface area contributed by atoms with E-state index in [2.05, 4.69) is 0 Å². The molecule has 1 aromatic rings. The molecule has 2 rings (SSSR count). The highest BCUT2D eigenvalue weighted by Crippen LogP contribution is 2.23. The van der Waals surface area contributed by atoms with Crippen LogP contribution in [-0.4, -0.2) is 45.9 Å². The molecule has 27 heavy (non-hydrogen) atoms. The molecule has 146 valence electrons. The predicted octanol–water partition coefficient (Wildman–Crippen LogP) is 1.97. The van der Waals surface area contributed by atoms with Gasteiger partial charge in [0.2, 0.25) is 5.91 Å². The van der Waals surface area contributed by atoms with Gasteiger partial charge in [-0.2, -0.15) is 0 Å². The van der Waals surface area contributed by atoms with Gasteiger partial charge < -0.3 is 14.4 Å². The van der Waals surface area contributed by atoms with Gasteiger partial charge in [0.15, 0.2) is 0 Å². The van der Waals surface area contributed by atoms with Crippen LogP contribution in [0, 0.1) is 10.1 Å². The van der Waals surface area contributed by atoms with Crippen molar-refractivity contribution in [2.75, 3.05) is 6.54 Å². The molecule has 0 aliphatic carbocycles. The Morgan fingerprint density at radius 3 is 2.37 bits per heavy atom. The molecule has 1 amide bonds. The number of ether oxygens (including phenoxy) is 2. The maximum absolute atomic E-state index is 12.0. The molecule has 1 aliphatic heterocycles. The highest BCUT2D eigenvalue weighted by Gasteiger charge is 2.39. The number of β-lactam (4-membered cyclic amide) rings is 1. The monoisotopic (exact) mass is 378 g/mol. The first-order chi connectivity index (χ1) is 12.5. The lowest BCUT2D eigenvalue weighted by Gasteiger charge is -2.39. The lowest BCUT2D eigenvalue weighted by atomic mass is 9.98. The molecule has 1 aliphatic rings. The van der Waals surface area contributed by atoms with Gasteiger partial charge in [0.25, 0.3) is 5.69 Å². The lowest BCUT2D eigenvalue weighted by molar-refractivity contribution is -0.384. The molecule has 9 nitrogen and oxygen atoms in total. The number of carbonyl (C=O) groups is 3. The largest absolute Gasteiger partial charge is 0.460 e. The van der Waals surface area contributed by atoms with E-state index in [1.54, 1.807) is 20.8 Å². The number of amides is 1. The lowest BCUT2D eigenvalue weighted by Crippen LogP contribution is -2.55. The number of non-ortho nitro benzene ring substituents is 1. The fraction of sp³-hybridized carbons (Fsp3) is 0.500. The zero-order valence-electron chi connectivity index (χ0n) is 15.5. The quantitative estimate of drug-likeness (QED) is 0.308. The Labute approximate surface area is 156 Å². The maximum Gasteiger partial charge on any atom is 0.325 e. The molecule has 0 bridgehead atoms. The van der Waals surface area contributed by atoms with Crippen molar-refractivity contribution in [1.82, 2.24) is 4.90 Å². The van der Waals surface area contributed by atoms with E-state index in [1.165, 1.54) is 29.2 Å². The van der Waals surface area contributed by atoms with E-state index in [9.17, 15) is 24.5 Å². The molecule has 0 aromatic heterocycles. The van der Waals surface area contributed by atoms with Gasteiger partial charge in [0.1, 0.15) is 18.8 Å². The summed E-state index contributed by atoms with van der Waals surface area (Å²) in [6.45, 7) is 4.95. The van der Waals surface area contributed by atoms with Crippen LogP contribution in [0.3, 0.4) is 0 Å². The van der Waals surface area contributed by atoms with E-state index < -0.39 is 22.5 Å². The van der Waals surface area contributed by atoms with Crippen molar-refractivity contribution in [3.8, 4) is 0 Å². The number of nitrogens with zero attached hydrogens (tertiary/aromatic N) is 2. The fourth-order valence-corrected chi connectivity index (χ4v) is 2.56. The van der Waals surface area contributed by atoms with Gasteiger partial charge in [0.05, 0.1) is 17.4 Å². The second-order valence-electron chi connectivity index (χ2n) is 7.25. The highest BCUT2D eigenvalue weighted by atomic mass is 16.6. The Morgan fingerprint density at radius 2 is 1.85 bits per heavy atom. The van der Waals surface area contributed by atoms with Gasteiger partial charge >= 0.3 is 11.9 Å². The summed E-state index contributed by atoms with van der Waals surface area (Å²) in [4.78, 5) is 46.9. The minimum atomic E-state index is -0.615. The topological polar surface area (TPSA) is 116 Å². The molecular weight excluding hydrogens is 356 g/mol. The molecule has 0 radical (unpaired) electrons. The summed E-state index contributed by atoms with van der Waals surface area (Å²) < 4.78 is 10.3. The zero-order chi connectivity index (χ0) is 20.2. The van der Waals surface area contributed by atoms with Crippen LogP contribution in [0.2, 0.25) is 0 Å². The van der Waals surface area contributed by atoms with Crippen LogP contribution in [0.1, 0.15) is 39.2 Å². The third-order valence-electron chi connectivity index (χ3n) is 3.84. The van der Waals surface area contributed by atoms with Gasteiger partial charge in [0, 0.05) is 18.6 Å². The number of nitro groups is 1. The summed E-state index contributed by atoms with van der Waals surface area (Å²) in [6, 6.07) is 5.24. The van der Waals surface area contributed by atoms with Crippen LogP contribution in [0.4, 0.5) is 5.69 Å². The van der Waals surface area contributed by atoms with Crippen LogP contribution in [0.15, 0.2) is 24.3 Å². The van der Waals surface area contributed by atoms with Crippen molar-refractivity contribution in [3.63, 3.8) is 0 Å². The summed E-state index contributed by atoms with van der Waals surface area (Å²) >= 11 is 0. The maximum atomic E-state index is 12.0. The van der Waals surface area contributed by atoms with Gasteiger partial charge in [-0.25, -0.2) is 0 Å². The predicted molar refractivity (Wildman–Crippen MR) is 93.5 cm³/mol. The van der Waals surface area contributed by atoms with Crippen LogP contribution in [0.25, 0.3) is 0 Å². The molecule has 1 aromatic carbocycles. The second kappa shape index (κ2) is 8.15. The number of benzene rings is 1. The summed E-state index contributed by atoms with van der Waals surface area (Å²) in [5.74, 6) is -1.27. The number of esters is 2. The van der Waals surface area contributed by atoms with Crippen molar-refractivity contribution in [1.29, 1.82) is 0 Å². The first-order valence-corrected chi connectivity index (χ1v) is 8.45. The first kappa shape index (κ1) is 20.3. The van der Waals surface area contributed by atoms with Crippen LogP contribution >= 0.6 is 0 Å². The van der Waals surface area contributed by atoms with E-state index in [0.29, 0.717) is 5.56 Å². The third kappa shape index (κ3) is 6.05. The van der Waals surface area contributed by atoms with Crippen molar-refractivity contribution in [3.05, 3.63) is 39.9 Å². The molecule has 9 heteroatoms. The van der Waals surface area contributed by atoms with Crippen molar-refractivity contribution < 1.29 is 28.8 Å². The third-order valence-corrected chi connectivity index (χ3v) is 3.84. The SMILES string of the molecule is CC(C)(C)OC(=O)CC1CC(=O)N1CC(=O)OCc1ccc([N+](=O)[O-])cc1. The normalized spacial score (nSPS) is 16.5. The second-order valence-corrected chi connectivity index (χ2v) is 7.25. The Morgan fingerprint density at radius 1 is 1.22 bits per heavy atom. The molecule has 1 unspecified atom stereocenters. The van der Waals surface area contributed by atoms with E-state index in [0.717, 1.165) is 0 Å². The van der Waals surface area contributed by atoms with Crippen LogP contribution in [0.5, 0.6) is 0 Å². The van der Waals surface area contributed by atoms with E-state index >= 15 is 0 Å². The van der Waals surface area contributed by atoms with Gasteiger partial charge in [-0.05, 0) is 38.5 Å². The summed E-state index contributed by atoms with van der Waals surface area (Å²) in [5.41, 5.74) is -0.0743. The Bertz CT molecular complexity index is 737. The highest BCUT2D eigenvalue weighted by molar-refractivity contribution is 5.88. The number of likely N-dealkylation sites (tertiary alicyclic amines) is 1. The van der Waals surface area contributed by atoms with E-state index in [-0.39, 0.29) is 43.6 Å². The van der Waals surface area contributed by atoms with Crippen LogP contribution < -0.4 is 0 Å². The van der Waals surface area contributed by atoms with Crippen molar-refractivity contribution >= 4 is 23.5 Å². The van der Waals surface area contributed by atoms with Crippen LogP contribution in [-0.2, 0) is 30.5 Å². The zero-order valence-corrected chi connectivity index (χ0v) is 15.5. The van der Waals surface area contributed by atoms with Crippen molar-refractivity contribution in [2.45, 2.75) is 51.9 Å². The number of hydrogen-bond donors (Lipinski definition) is 0. The van der Waals surface area contributed by atoms with Crippen molar-refractivity contribution in [2.24, 2.45) is 0 Å². The number of rotatable bonds is 7. The molecule has 1 heterocycles. The fourth-order valence-electron chi connectivity index (χ4n) is 2.56. The number of hydrogen-bond acceptors (Lipinski definition) is 7. The average Bonchev–Trinajstić information content (AvgIpc) is 2.56.